The van der Waals surface area contributed by atoms with Crippen LogP contribution in [0.5, 0.6) is 0 Å². The van der Waals surface area contributed by atoms with Gasteiger partial charge >= 0.3 is 0 Å². The van der Waals surface area contributed by atoms with Crippen LogP contribution >= 0.6 is 11.6 Å². The first-order valence-corrected chi connectivity index (χ1v) is 8.42. The predicted octanol–water partition coefficient (Wildman–Crippen LogP) is 4.15. The molecule has 0 radical (unpaired) electrons. The van der Waals surface area contributed by atoms with Crippen LogP contribution in [0.15, 0.2) is 18.2 Å². The van der Waals surface area contributed by atoms with Crippen LogP contribution in [-0.4, -0.2) is 30.6 Å². The van der Waals surface area contributed by atoms with Crippen LogP contribution in [0.4, 0.5) is 4.39 Å². The van der Waals surface area contributed by atoms with Crippen LogP contribution in [0.25, 0.3) is 0 Å². The number of hydrogen-bond donors (Lipinski definition) is 1. The summed E-state index contributed by atoms with van der Waals surface area (Å²) in [5, 5.41) is 3.88. The van der Waals surface area contributed by atoms with Crippen LogP contribution in [0.2, 0.25) is 5.02 Å². The molecule has 1 aliphatic heterocycles. The van der Waals surface area contributed by atoms with Gasteiger partial charge in [-0.1, -0.05) is 30.5 Å². The van der Waals surface area contributed by atoms with Crippen molar-refractivity contribution in [2.24, 2.45) is 0 Å². The molecule has 1 heterocycles. The first kappa shape index (κ1) is 15.3. The van der Waals surface area contributed by atoms with Gasteiger partial charge in [-0.25, -0.2) is 4.39 Å². The maximum Gasteiger partial charge on any atom is 0.129 e. The summed E-state index contributed by atoms with van der Waals surface area (Å²) in [6.07, 6.45) is 7.32. The highest BCUT2D eigenvalue weighted by Crippen LogP contribution is 2.46. The van der Waals surface area contributed by atoms with E-state index < -0.39 is 0 Å². The molecule has 1 unspecified atom stereocenters. The number of likely N-dealkylation sites (tertiary alicyclic amines) is 1. The Morgan fingerprint density at radius 2 is 1.86 bits per heavy atom. The highest BCUT2D eigenvalue weighted by molar-refractivity contribution is 6.30. The van der Waals surface area contributed by atoms with Gasteiger partial charge < -0.3 is 5.32 Å². The van der Waals surface area contributed by atoms with E-state index in [1.807, 2.05) is 13.1 Å². The third kappa shape index (κ3) is 2.71. The van der Waals surface area contributed by atoms with Crippen molar-refractivity contribution in [2.45, 2.75) is 50.1 Å². The lowest BCUT2D eigenvalue weighted by molar-refractivity contribution is 0.0782. The van der Waals surface area contributed by atoms with Crippen LogP contribution < -0.4 is 5.32 Å². The highest BCUT2D eigenvalue weighted by atomic mass is 35.5. The summed E-state index contributed by atoms with van der Waals surface area (Å²) in [7, 11) is 1.95. The fourth-order valence-corrected chi connectivity index (χ4v) is 4.55. The van der Waals surface area contributed by atoms with E-state index in [4.69, 9.17) is 11.6 Å². The number of rotatable bonds is 4. The van der Waals surface area contributed by atoms with Gasteiger partial charge in [0, 0.05) is 16.1 Å². The van der Waals surface area contributed by atoms with Crippen LogP contribution in [0, 0.1) is 5.82 Å². The number of nitrogens with one attached hydrogen (secondary N) is 1. The molecule has 1 saturated carbocycles. The molecule has 2 nitrogen and oxygen atoms in total. The number of nitrogens with zero attached hydrogens (tertiary/aromatic N) is 1. The van der Waals surface area contributed by atoms with Gasteiger partial charge in [-0.3, -0.25) is 4.90 Å². The topological polar surface area (TPSA) is 15.3 Å². The lowest BCUT2D eigenvalue weighted by Gasteiger charge is -2.45. The van der Waals surface area contributed by atoms with Gasteiger partial charge in [0.1, 0.15) is 5.82 Å². The second-order valence-corrected chi connectivity index (χ2v) is 6.83. The minimum Gasteiger partial charge on any atom is -0.311 e. The molecule has 0 spiro atoms. The van der Waals surface area contributed by atoms with Crippen molar-refractivity contribution in [2.75, 3.05) is 20.1 Å². The first-order chi connectivity index (χ1) is 10.2. The van der Waals surface area contributed by atoms with Crippen molar-refractivity contribution < 1.29 is 4.39 Å². The van der Waals surface area contributed by atoms with Crippen molar-refractivity contribution in [3.8, 4) is 0 Å². The minimum atomic E-state index is -0.188. The third-order valence-electron chi connectivity index (χ3n) is 5.30. The molecule has 1 aromatic carbocycles. The molecule has 116 valence electrons. The van der Waals surface area contributed by atoms with Crippen LogP contribution in [-0.2, 0) is 0 Å². The molecule has 1 saturated heterocycles. The molecular formula is C17H24ClFN2. The Kier molecular flexibility index (Phi) is 4.53. The van der Waals surface area contributed by atoms with Crippen LogP contribution in [0.1, 0.15) is 50.1 Å². The lowest BCUT2D eigenvalue weighted by Crippen LogP contribution is -2.53. The smallest absolute Gasteiger partial charge is 0.129 e. The van der Waals surface area contributed by atoms with E-state index in [2.05, 4.69) is 10.2 Å². The summed E-state index contributed by atoms with van der Waals surface area (Å²) in [5.74, 6) is -0.188. The van der Waals surface area contributed by atoms with Gasteiger partial charge in [-0.05, 0) is 58.0 Å². The van der Waals surface area contributed by atoms with Crippen molar-refractivity contribution in [1.29, 1.82) is 0 Å². The van der Waals surface area contributed by atoms with E-state index in [1.165, 1.54) is 31.7 Å². The molecule has 2 aliphatic rings. The summed E-state index contributed by atoms with van der Waals surface area (Å²) in [4.78, 5) is 2.61. The summed E-state index contributed by atoms with van der Waals surface area (Å²) in [6, 6.07) is 5.13. The zero-order valence-electron chi connectivity index (χ0n) is 12.7. The fourth-order valence-electron chi connectivity index (χ4n) is 4.39. The van der Waals surface area contributed by atoms with E-state index in [0.717, 1.165) is 31.5 Å². The average Bonchev–Trinajstić information content (AvgIpc) is 3.13. The summed E-state index contributed by atoms with van der Waals surface area (Å²) >= 11 is 5.92. The molecule has 4 heteroatoms. The number of hydrogen-bond acceptors (Lipinski definition) is 2. The zero-order valence-corrected chi connectivity index (χ0v) is 13.4. The molecule has 21 heavy (non-hydrogen) atoms. The summed E-state index contributed by atoms with van der Waals surface area (Å²) < 4.78 is 14.5. The molecule has 1 aromatic rings. The molecular weight excluding hydrogens is 287 g/mol. The molecule has 0 aromatic heterocycles. The summed E-state index contributed by atoms with van der Waals surface area (Å²) in [5.41, 5.74) is 0.829. The number of likely N-dealkylation sites (N-methyl/N-ethyl adjacent to an activating group) is 1. The molecule has 0 amide bonds. The molecule has 2 fully saturated rings. The fraction of sp³-hybridized carbons (Fsp3) is 0.647. The van der Waals surface area contributed by atoms with Crippen molar-refractivity contribution in [3.63, 3.8) is 0 Å². The van der Waals surface area contributed by atoms with Gasteiger partial charge in [0.05, 0.1) is 6.04 Å². The Morgan fingerprint density at radius 1 is 1.19 bits per heavy atom. The Bertz CT molecular complexity index is 494. The van der Waals surface area contributed by atoms with Crippen molar-refractivity contribution in [3.05, 3.63) is 34.6 Å². The normalized spacial score (nSPS) is 23.6. The lowest BCUT2D eigenvalue weighted by atomic mass is 9.82. The number of benzene rings is 1. The first-order valence-electron chi connectivity index (χ1n) is 8.05. The Morgan fingerprint density at radius 3 is 2.43 bits per heavy atom. The second-order valence-electron chi connectivity index (χ2n) is 6.39. The van der Waals surface area contributed by atoms with Gasteiger partial charge in [0.15, 0.2) is 0 Å². The van der Waals surface area contributed by atoms with Gasteiger partial charge in [-0.2, -0.15) is 0 Å². The predicted molar refractivity (Wildman–Crippen MR) is 85.2 cm³/mol. The van der Waals surface area contributed by atoms with Gasteiger partial charge in [-0.15, -0.1) is 0 Å². The standard InChI is InChI=1S/C17H24ClFN2/c1-20-16(14-7-6-13(18)12-15(14)19)17(8-2-3-9-17)21-10-4-5-11-21/h6-7,12,16,20H,2-5,8-11H2,1H3. The van der Waals surface area contributed by atoms with E-state index >= 15 is 0 Å². The van der Waals surface area contributed by atoms with Gasteiger partial charge in [0.25, 0.3) is 0 Å². The Balaban J connectivity index is 1.99. The molecule has 1 aliphatic carbocycles. The number of halogens is 2. The summed E-state index contributed by atoms with van der Waals surface area (Å²) in [6.45, 7) is 2.29. The second kappa shape index (κ2) is 6.23. The molecule has 1 N–H and O–H groups in total. The van der Waals surface area contributed by atoms with E-state index in [-0.39, 0.29) is 17.4 Å². The quantitative estimate of drug-likeness (QED) is 0.899. The largest absolute Gasteiger partial charge is 0.311 e. The van der Waals surface area contributed by atoms with E-state index in [0.29, 0.717) is 5.02 Å². The maximum atomic E-state index is 14.5. The minimum absolute atomic E-state index is 0.0374. The van der Waals surface area contributed by atoms with Gasteiger partial charge in [0.2, 0.25) is 0 Å². The van der Waals surface area contributed by atoms with Crippen molar-refractivity contribution >= 4 is 11.6 Å². The maximum absolute atomic E-state index is 14.5. The monoisotopic (exact) mass is 310 g/mol. The Labute approximate surface area is 131 Å². The average molecular weight is 311 g/mol. The Hall–Kier alpha value is -0.640. The zero-order chi connectivity index (χ0) is 14.9. The van der Waals surface area contributed by atoms with Crippen molar-refractivity contribution in [1.82, 2.24) is 10.2 Å². The van der Waals surface area contributed by atoms with Crippen LogP contribution in [0.3, 0.4) is 0 Å². The van der Waals surface area contributed by atoms with E-state index in [1.54, 1.807) is 6.07 Å². The third-order valence-corrected chi connectivity index (χ3v) is 5.54. The SMILES string of the molecule is CNC(c1ccc(Cl)cc1F)C1(N2CCCC2)CCCC1. The molecule has 1 atom stereocenters. The van der Waals surface area contributed by atoms with E-state index in [9.17, 15) is 4.39 Å². The molecule has 0 bridgehead atoms. The highest BCUT2D eigenvalue weighted by Gasteiger charge is 2.47. The molecule has 3 rings (SSSR count).